The number of nitrogens with zero attached hydrogens (tertiary/aromatic N) is 4. The van der Waals surface area contributed by atoms with Gasteiger partial charge in [-0.15, -0.1) is 10.2 Å². The number of aromatic nitrogens is 3. The van der Waals surface area contributed by atoms with E-state index in [9.17, 15) is 4.79 Å². The molecule has 3 aliphatic rings. The molecule has 2 heterocycles. The normalized spacial score (nSPS) is 22.2. The monoisotopic (exact) mass is 461 g/mol. The quantitative estimate of drug-likeness (QED) is 0.559. The van der Waals surface area contributed by atoms with Gasteiger partial charge in [0, 0.05) is 11.6 Å². The molecule has 1 aliphatic heterocycles. The zero-order chi connectivity index (χ0) is 22.6. The molecular weight excluding hydrogens is 434 g/mol. The van der Waals surface area contributed by atoms with Crippen LogP contribution in [-0.2, 0) is 11.1 Å². The van der Waals surface area contributed by atoms with Gasteiger partial charge in [-0.3, -0.25) is 0 Å². The molecule has 1 atom stereocenters. The minimum atomic E-state index is -0.226. The Bertz CT molecular complexity index is 1180. The van der Waals surface area contributed by atoms with Crippen LogP contribution < -0.4 is 5.32 Å². The Labute approximate surface area is 199 Å². The van der Waals surface area contributed by atoms with Gasteiger partial charge in [-0.1, -0.05) is 54.1 Å². The predicted octanol–water partition coefficient (Wildman–Crippen LogP) is 5.31. The van der Waals surface area contributed by atoms with Gasteiger partial charge in [-0.2, -0.15) is 0 Å². The number of carbonyl (C=O) groups excluding carboxylic acids is 1. The van der Waals surface area contributed by atoms with E-state index >= 15 is 0 Å². The standard InChI is InChI=1S/C26H28ClN5O/c1-18-29-30-23(32(18)26(15-16-26)20-9-11-21(27)12-10-20)22-8-5-17-31(22)24(33)28-25(13-14-25)19-6-3-2-4-7-19/h2-4,6-7,9-12,22H,5,8,13-17H2,1H3,(H,28,33)/t22-/m1/s1. The number of urea groups is 1. The molecule has 2 aliphatic carbocycles. The minimum absolute atomic E-state index is 0.00222. The topological polar surface area (TPSA) is 63.1 Å². The van der Waals surface area contributed by atoms with E-state index in [4.69, 9.17) is 11.6 Å². The first-order chi connectivity index (χ1) is 16.0. The van der Waals surface area contributed by atoms with Crippen LogP contribution in [0.5, 0.6) is 0 Å². The number of nitrogens with one attached hydrogen (secondary N) is 1. The third kappa shape index (κ3) is 3.43. The fourth-order valence-corrected chi connectivity index (χ4v) is 5.69. The molecule has 0 spiro atoms. The Balaban J connectivity index is 1.29. The average molecular weight is 462 g/mol. The van der Waals surface area contributed by atoms with Crippen molar-refractivity contribution in [1.29, 1.82) is 0 Å². The molecule has 6 rings (SSSR count). The highest BCUT2D eigenvalue weighted by Gasteiger charge is 2.51. The summed E-state index contributed by atoms with van der Waals surface area (Å²) in [4.78, 5) is 15.5. The third-order valence-electron chi connectivity index (χ3n) is 7.62. The molecule has 1 aromatic heterocycles. The van der Waals surface area contributed by atoms with Crippen LogP contribution in [-0.4, -0.2) is 32.2 Å². The summed E-state index contributed by atoms with van der Waals surface area (Å²) in [5.41, 5.74) is 2.05. The van der Waals surface area contributed by atoms with E-state index in [2.05, 4.69) is 44.3 Å². The van der Waals surface area contributed by atoms with Gasteiger partial charge >= 0.3 is 6.03 Å². The van der Waals surface area contributed by atoms with Crippen molar-refractivity contribution in [2.45, 2.75) is 62.6 Å². The molecule has 3 fully saturated rings. The van der Waals surface area contributed by atoms with Crippen LogP contribution >= 0.6 is 11.6 Å². The number of aryl methyl sites for hydroxylation is 1. The molecule has 33 heavy (non-hydrogen) atoms. The molecule has 6 nitrogen and oxygen atoms in total. The zero-order valence-corrected chi connectivity index (χ0v) is 19.6. The Morgan fingerprint density at radius 1 is 1.00 bits per heavy atom. The fraction of sp³-hybridized carbons (Fsp3) is 0.423. The zero-order valence-electron chi connectivity index (χ0n) is 18.8. The van der Waals surface area contributed by atoms with Crippen molar-refractivity contribution in [3.8, 4) is 0 Å². The first kappa shape index (κ1) is 20.7. The molecule has 2 aromatic carbocycles. The van der Waals surface area contributed by atoms with E-state index in [1.807, 2.05) is 42.2 Å². The Hall–Kier alpha value is -2.86. The summed E-state index contributed by atoms with van der Waals surface area (Å²) < 4.78 is 2.29. The van der Waals surface area contributed by atoms with Crippen molar-refractivity contribution >= 4 is 17.6 Å². The molecular formula is C26H28ClN5O. The summed E-state index contributed by atoms with van der Waals surface area (Å²) in [6, 6.07) is 18.4. The van der Waals surface area contributed by atoms with Crippen molar-refractivity contribution < 1.29 is 4.79 Å². The van der Waals surface area contributed by atoms with E-state index in [0.29, 0.717) is 0 Å². The first-order valence-corrected chi connectivity index (χ1v) is 12.2. The maximum atomic E-state index is 13.5. The van der Waals surface area contributed by atoms with Crippen molar-refractivity contribution in [3.63, 3.8) is 0 Å². The van der Waals surface area contributed by atoms with E-state index in [1.54, 1.807) is 0 Å². The molecule has 2 saturated carbocycles. The maximum Gasteiger partial charge on any atom is 0.318 e. The molecule has 1 N–H and O–H groups in total. The summed E-state index contributed by atoms with van der Waals surface area (Å²) in [7, 11) is 0. The number of amides is 2. The van der Waals surface area contributed by atoms with Gasteiger partial charge in [0.1, 0.15) is 5.82 Å². The number of hydrogen-bond acceptors (Lipinski definition) is 3. The van der Waals surface area contributed by atoms with Gasteiger partial charge in [0.05, 0.1) is 17.1 Å². The number of rotatable bonds is 5. The summed E-state index contributed by atoms with van der Waals surface area (Å²) in [6.07, 6.45) is 5.91. The second kappa shape index (κ2) is 7.59. The molecule has 0 radical (unpaired) electrons. The third-order valence-corrected chi connectivity index (χ3v) is 7.87. The molecule has 1 saturated heterocycles. The lowest BCUT2D eigenvalue weighted by molar-refractivity contribution is 0.183. The van der Waals surface area contributed by atoms with Crippen LogP contribution in [0.25, 0.3) is 0 Å². The number of likely N-dealkylation sites (tertiary alicyclic amines) is 1. The van der Waals surface area contributed by atoms with E-state index in [-0.39, 0.29) is 23.2 Å². The molecule has 3 aromatic rings. The Kier molecular flexibility index (Phi) is 4.77. The largest absolute Gasteiger partial charge is 0.328 e. The number of hydrogen-bond donors (Lipinski definition) is 1. The summed E-state index contributed by atoms with van der Waals surface area (Å²) in [6.45, 7) is 2.75. The Morgan fingerprint density at radius 3 is 2.39 bits per heavy atom. The lowest BCUT2D eigenvalue weighted by atomic mass is 10.0. The van der Waals surface area contributed by atoms with Gasteiger partial charge in [0.2, 0.25) is 0 Å². The minimum Gasteiger partial charge on any atom is -0.328 e. The second-order valence-electron chi connectivity index (χ2n) is 9.71. The lowest BCUT2D eigenvalue weighted by Gasteiger charge is -2.30. The molecule has 7 heteroatoms. The summed E-state index contributed by atoms with van der Waals surface area (Å²) in [5, 5.41) is 13.2. The van der Waals surface area contributed by atoms with Crippen LogP contribution in [0.15, 0.2) is 54.6 Å². The van der Waals surface area contributed by atoms with Gasteiger partial charge < -0.3 is 14.8 Å². The number of halogens is 1. The Morgan fingerprint density at radius 2 is 1.73 bits per heavy atom. The highest BCUT2D eigenvalue weighted by molar-refractivity contribution is 6.30. The van der Waals surface area contributed by atoms with Crippen LogP contribution in [0.4, 0.5) is 4.79 Å². The maximum absolute atomic E-state index is 13.5. The average Bonchev–Trinajstić information content (AvgIpc) is 3.71. The van der Waals surface area contributed by atoms with Crippen molar-refractivity contribution in [2.24, 2.45) is 0 Å². The van der Waals surface area contributed by atoms with Gasteiger partial charge in [0.15, 0.2) is 5.82 Å². The van der Waals surface area contributed by atoms with E-state index in [0.717, 1.165) is 61.7 Å². The molecule has 2 amide bonds. The van der Waals surface area contributed by atoms with E-state index in [1.165, 1.54) is 11.1 Å². The number of benzene rings is 2. The van der Waals surface area contributed by atoms with Crippen molar-refractivity contribution in [3.05, 3.63) is 82.4 Å². The van der Waals surface area contributed by atoms with Crippen LogP contribution in [0, 0.1) is 6.92 Å². The molecule has 170 valence electrons. The summed E-state index contributed by atoms with van der Waals surface area (Å²) in [5.74, 6) is 1.80. The predicted molar refractivity (Wildman–Crippen MR) is 127 cm³/mol. The lowest BCUT2D eigenvalue weighted by Crippen LogP contribution is -2.45. The summed E-state index contributed by atoms with van der Waals surface area (Å²) >= 11 is 6.15. The highest BCUT2D eigenvalue weighted by Crippen LogP contribution is 2.52. The van der Waals surface area contributed by atoms with Crippen LogP contribution in [0.2, 0.25) is 5.02 Å². The van der Waals surface area contributed by atoms with Crippen LogP contribution in [0.3, 0.4) is 0 Å². The van der Waals surface area contributed by atoms with Crippen molar-refractivity contribution in [1.82, 2.24) is 25.0 Å². The smallest absolute Gasteiger partial charge is 0.318 e. The SMILES string of the molecule is Cc1nnc([C@H]2CCCN2C(=O)NC2(c3ccccc3)CC2)n1C1(c2ccc(Cl)cc2)CC1. The fourth-order valence-electron chi connectivity index (χ4n) is 5.57. The van der Waals surface area contributed by atoms with Crippen molar-refractivity contribution in [2.75, 3.05) is 6.54 Å². The first-order valence-electron chi connectivity index (χ1n) is 11.9. The van der Waals surface area contributed by atoms with E-state index < -0.39 is 0 Å². The van der Waals surface area contributed by atoms with Gasteiger partial charge in [-0.25, -0.2) is 4.79 Å². The second-order valence-corrected chi connectivity index (χ2v) is 10.1. The van der Waals surface area contributed by atoms with Gasteiger partial charge in [0.25, 0.3) is 0 Å². The molecule has 0 unspecified atom stereocenters. The highest BCUT2D eigenvalue weighted by atomic mass is 35.5. The molecule has 0 bridgehead atoms. The van der Waals surface area contributed by atoms with Crippen LogP contribution in [0.1, 0.15) is 67.3 Å². The number of carbonyl (C=O) groups is 1. The van der Waals surface area contributed by atoms with Gasteiger partial charge in [-0.05, 0) is 68.7 Å².